The summed E-state index contributed by atoms with van der Waals surface area (Å²) < 4.78 is 2.42. The number of fused-ring (bicyclic) bond motifs is 7. The molecule has 3 heterocycles. The number of rotatable bonds is 10. The standard InChI is InChI=1S/C79H51N5/c1-2-16-59(17-3-1)78-79(82-73-27-9-8-26-72(73)81-78)60-37-41-63(42-38-60)83(76-28-12-20-58-21-13-49-80-77(58)76)64-43-45-65(46-44-64)84-74-47-39-61(52-29-33-56(34-30-52)68-24-10-18-54-14-4-6-22-66(54)68)50-70(74)71-51-62(40-48-75(71)84)53-31-35-57(36-32-53)69-25-11-19-55-15-5-7-23-67(55)69/h1-51H. The van der Waals surface area contributed by atoms with Gasteiger partial charge in [0.1, 0.15) is 0 Å². The molecule has 16 rings (SSSR count). The molecule has 5 nitrogen and oxygen atoms in total. The zero-order valence-corrected chi connectivity index (χ0v) is 45.7. The van der Waals surface area contributed by atoms with Crippen molar-refractivity contribution in [3.05, 3.63) is 310 Å². The van der Waals surface area contributed by atoms with E-state index in [2.05, 4.69) is 276 Å². The first-order valence-corrected chi connectivity index (χ1v) is 28.6. The maximum Gasteiger partial charge on any atom is 0.0973 e. The lowest BCUT2D eigenvalue weighted by Gasteiger charge is -2.27. The lowest BCUT2D eigenvalue weighted by atomic mass is 9.95. The van der Waals surface area contributed by atoms with Gasteiger partial charge in [0.25, 0.3) is 0 Å². The van der Waals surface area contributed by atoms with E-state index in [1.807, 2.05) is 42.6 Å². The third-order valence-corrected chi connectivity index (χ3v) is 16.6. The van der Waals surface area contributed by atoms with Gasteiger partial charge in [-0.05, 0) is 151 Å². The molecule has 3 aromatic heterocycles. The molecular weight excluding hydrogens is 1020 g/mol. The highest BCUT2D eigenvalue weighted by atomic mass is 15.1. The van der Waals surface area contributed by atoms with Crippen molar-refractivity contribution in [1.82, 2.24) is 19.5 Å². The van der Waals surface area contributed by atoms with Crippen molar-refractivity contribution < 1.29 is 0 Å². The van der Waals surface area contributed by atoms with Gasteiger partial charge in [0.05, 0.1) is 44.7 Å². The molecule has 0 aliphatic rings. The summed E-state index contributed by atoms with van der Waals surface area (Å²) in [5, 5.41) is 8.44. The maximum absolute atomic E-state index is 5.23. The number of benzene rings is 13. The Morgan fingerprint density at radius 2 is 0.714 bits per heavy atom. The van der Waals surface area contributed by atoms with Crippen LogP contribution in [-0.4, -0.2) is 19.5 Å². The fourth-order valence-electron chi connectivity index (χ4n) is 12.5. The fourth-order valence-corrected chi connectivity index (χ4v) is 12.5. The smallest absolute Gasteiger partial charge is 0.0973 e. The Bertz CT molecular complexity index is 4970. The van der Waals surface area contributed by atoms with Crippen LogP contribution in [0.5, 0.6) is 0 Å². The zero-order chi connectivity index (χ0) is 55.5. The first-order valence-electron chi connectivity index (χ1n) is 28.6. The molecule has 0 atom stereocenters. The second kappa shape index (κ2) is 20.4. The van der Waals surface area contributed by atoms with Crippen molar-refractivity contribution in [3.63, 3.8) is 0 Å². The molecule has 0 saturated carbocycles. The number of pyridine rings is 1. The van der Waals surface area contributed by atoms with Crippen molar-refractivity contribution in [1.29, 1.82) is 0 Å². The molecule has 0 bridgehead atoms. The second-order valence-electron chi connectivity index (χ2n) is 21.5. The molecule has 0 fully saturated rings. The third-order valence-electron chi connectivity index (χ3n) is 16.6. The zero-order valence-electron chi connectivity index (χ0n) is 45.7. The predicted molar refractivity (Wildman–Crippen MR) is 351 cm³/mol. The normalized spacial score (nSPS) is 11.6. The van der Waals surface area contributed by atoms with E-state index in [4.69, 9.17) is 15.0 Å². The van der Waals surface area contributed by atoms with Gasteiger partial charge in [-0.25, -0.2) is 9.97 Å². The van der Waals surface area contributed by atoms with Gasteiger partial charge in [-0.15, -0.1) is 0 Å². The van der Waals surface area contributed by atoms with Crippen molar-refractivity contribution in [2.45, 2.75) is 0 Å². The number of aromatic nitrogens is 4. The first-order chi connectivity index (χ1) is 41.6. The van der Waals surface area contributed by atoms with Crippen LogP contribution in [0, 0.1) is 0 Å². The van der Waals surface area contributed by atoms with E-state index in [0.717, 1.165) is 78.2 Å². The quantitative estimate of drug-likeness (QED) is 0.137. The molecule has 0 amide bonds. The Morgan fingerprint density at radius 1 is 0.286 bits per heavy atom. The molecule has 0 spiro atoms. The number of hydrogen-bond acceptors (Lipinski definition) is 4. The van der Waals surface area contributed by atoms with Crippen LogP contribution in [0.1, 0.15) is 0 Å². The van der Waals surface area contributed by atoms with Gasteiger partial charge in [0.15, 0.2) is 0 Å². The average molecular weight is 1070 g/mol. The average Bonchev–Trinajstić information content (AvgIpc) is 3.26. The summed E-state index contributed by atoms with van der Waals surface area (Å²) in [5.74, 6) is 0. The Morgan fingerprint density at radius 3 is 1.29 bits per heavy atom. The van der Waals surface area contributed by atoms with Crippen molar-refractivity contribution in [2.75, 3.05) is 4.90 Å². The number of para-hydroxylation sites is 3. The predicted octanol–water partition coefficient (Wildman–Crippen LogP) is 21.1. The van der Waals surface area contributed by atoms with E-state index in [-0.39, 0.29) is 0 Å². The summed E-state index contributed by atoms with van der Waals surface area (Å²) >= 11 is 0. The molecular formula is C79H51N5. The van der Waals surface area contributed by atoms with Crippen LogP contribution >= 0.6 is 0 Å². The Balaban J connectivity index is 0.807. The van der Waals surface area contributed by atoms with E-state index in [9.17, 15) is 0 Å². The Hall–Kier alpha value is -11.3. The van der Waals surface area contributed by atoms with Crippen LogP contribution in [0.25, 0.3) is 138 Å². The minimum absolute atomic E-state index is 0.837. The molecule has 0 saturated heterocycles. The summed E-state index contributed by atoms with van der Waals surface area (Å²) in [6, 6.07) is 109. The maximum atomic E-state index is 5.23. The Kier molecular flexibility index (Phi) is 11.8. The highest BCUT2D eigenvalue weighted by Crippen LogP contribution is 2.43. The second-order valence-corrected chi connectivity index (χ2v) is 21.5. The summed E-state index contributed by atoms with van der Waals surface area (Å²) in [5.41, 5.74) is 22.2. The first kappa shape index (κ1) is 48.6. The van der Waals surface area contributed by atoms with Gasteiger partial charge in [-0.1, -0.05) is 218 Å². The van der Waals surface area contributed by atoms with E-state index < -0.39 is 0 Å². The number of hydrogen-bond donors (Lipinski definition) is 0. The summed E-state index contributed by atoms with van der Waals surface area (Å²) in [6.45, 7) is 0. The van der Waals surface area contributed by atoms with Crippen LogP contribution in [0.15, 0.2) is 310 Å². The van der Waals surface area contributed by atoms with Crippen LogP contribution in [0.4, 0.5) is 17.1 Å². The highest BCUT2D eigenvalue weighted by molar-refractivity contribution is 6.12. The topological polar surface area (TPSA) is 46.8 Å². The molecule has 84 heavy (non-hydrogen) atoms. The summed E-state index contributed by atoms with van der Waals surface area (Å²) in [4.78, 5) is 17.7. The molecule has 0 unspecified atom stereocenters. The molecule has 16 aromatic rings. The molecule has 0 aliphatic carbocycles. The number of nitrogens with zero attached hydrogens (tertiary/aromatic N) is 5. The van der Waals surface area contributed by atoms with Gasteiger partial charge < -0.3 is 9.47 Å². The van der Waals surface area contributed by atoms with E-state index >= 15 is 0 Å². The van der Waals surface area contributed by atoms with E-state index in [1.165, 1.54) is 76.8 Å². The lowest BCUT2D eigenvalue weighted by Crippen LogP contribution is -2.11. The fraction of sp³-hybridized carbons (Fsp3) is 0. The minimum atomic E-state index is 0.837. The summed E-state index contributed by atoms with van der Waals surface area (Å²) in [7, 11) is 0. The van der Waals surface area contributed by atoms with Crippen molar-refractivity contribution in [3.8, 4) is 72.7 Å². The van der Waals surface area contributed by atoms with Gasteiger partial charge in [-0.3, -0.25) is 4.98 Å². The molecule has 0 aliphatic heterocycles. The minimum Gasteiger partial charge on any atom is -0.309 e. The van der Waals surface area contributed by atoms with Crippen LogP contribution < -0.4 is 4.90 Å². The van der Waals surface area contributed by atoms with Gasteiger partial charge in [0.2, 0.25) is 0 Å². The number of anilines is 3. The lowest BCUT2D eigenvalue weighted by molar-refractivity contribution is 1.17. The van der Waals surface area contributed by atoms with Crippen molar-refractivity contribution in [2.24, 2.45) is 0 Å². The van der Waals surface area contributed by atoms with Gasteiger partial charge in [0, 0.05) is 50.5 Å². The molecule has 0 radical (unpaired) electrons. The van der Waals surface area contributed by atoms with E-state index in [1.54, 1.807) is 0 Å². The summed E-state index contributed by atoms with van der Waals surface area (Å²) in [6.07, 6.45) is 1.88. The molecule has 5 heteroatoms. The monoisotopic (exact) mass is 1070 g/mol. The Labute approximate surface area is 486 Å². The largest absolute Gasteiger partial charge is 0.309 e. The third kappa shape index (κ3) is 8.54. The van der Waals surface area contributed by atoms with Gasteiger partial charge >= 0.3 is 0 Å². The highest BCUT2D eigenvalue weighted by Gasteiger charge is 2.21. The van der Waals surface area contributed by atoms with Crippen LogP contribution in [0.3, 0.4) is 0 Å². The van der Waals surface area contributed by atoms with Gasteiger partial charge in [-0.2, -0.15) is 0 Å². The van der Waals surface area contributed by atoms with E-state index in [0.29, 0.717) is 0 Å². The van der Waals surface area contributed by atoms with Crippen molar-refractivity contribution >= 4 is 82.3 Å². The van der Waals surface area contributed by atoms with Crippen LogP contribution in [-0.2, 0) is 0 Å². The van der Waals surface area contributed by atoms with Crippen LogP contribution in [0.2, 0.25) is 0 Å². The molecule has 13 aromatic carbocycles. The molecule has 392 valence electrons. The molecule has 0 N–H and O–H groups in total. The SMILES string of the molecule is c1ccc(-c2nc3ccccc3nc2-c2ccc(N(c3ccc(-n4c5ccc(-c6ccc(-c7cccc8ccccc78)cc6)cc5c5cc(-c6ccc(-c7cccc8ccccc78)cc6)ccc54)cc3)c3cccc4cccnc34)cc2)cc1.